The summed E-state index contributed by atoms with van der Waals surface area (Å²) < 4.78 is 0. The van der Waals surface area contributed by atoms with Gasteiger partial charge in [-0.1, -0.05) is 6.92 Å². The lowest BCUT2D eigenvalue weighted by molar-refractivity contribution is 0.805. The molecule has 44 valence electrons. The predicted octanol–water partition coefficient (Wildman–Crippen LogP) is 1.69. The average molecular weight is 109 g/mol. The molecule has 0 aromatic carbocycles. The molecule has 0 bridgehead atoms. The summed E-state index contributed by atoms with van der Waals surface area (Å²) in [5, 5.41) is 6.72. The zero-order valence-electron chi connectivity index (χ0n) is 5.36. The fraction of sp³-hybridized carbons (Fsp3) is 0.571. The molecular formula is C7H11N. The van der Waals surface area contributed by atoms with Gasteiger partial charge in [0.05, 0.1) is 0 Å². The van der Waals surface area contributed by atoms with Crippen LogP contribution in [0.5, 0.6) is 0 Å². The highest BCUT2D eigenvalue weighted by molar-refractivity contribution is 5.53. The van der Waals surface area contributed by atoms with Gasteiger partial charge >= 0.3 is 0 Å². The normalized spacial score (nSPS) is 11.2. The van der Waals surface area contributed by atoms with Crippen molar-refractivity contribution in [1.82, 2.24) is 0 Å². The van der Waals surface area contributed by atoms with Gasteiger partial charge in [-0.25, -0.2) is 0 Å². The second-order valence-corrected chi connectivity index (χ2v) is 1.74. The van der Waals surface area contributed by atoms with E-state index in [1.807, 2.05) is 13.8 Å². The number of nitrogens with one attached hydrogen (secondary N) is 1. The van der Waals surface area contributed by atoms with Crippen molar-refractivity contribution >= 4 is 6.21 Å². The molecule has 1 unspecified atom stereocenters. The van der Waals surface area contributed by atoms with Gasteiger partial charge in [-0.15, -0.1) is 11.8 Å². The van der Waals surface area contributed by atoms with Gasteiger partial charge in [-0.3, -0.25) is 0 Å². The second kappa shape index (κ2) is 4.39. The lowest BCUT2D eigenvalue weighted by atomic mass is 10.1. The van der Waals surface area contributed by atoms with Crippen LogP contribution in [0, 0.1) is 23.2 Å². The third-order valence-corrected chi connectivity index (χ3v) is 0.862. The molecule has 0 spiro atoms. The van der Waals surface area contributed by atoms with Crippen LogP contribution in [-0.2, 0) is 0 Å². The van der Waals surface area contributed by atoms with Crippen molar-refractivity contribution in [3.05, 3.63) is 0 Å². The van der Waals surface area contributed by atoms with Gasteiger partial charge in [0.2, 0.25) is 0 Å². The molecule has 0 aromatic rings. The summed E-state index contributed by atoms with van der Waals surface area (Å²) in [5.74, 6) is 6.10. The molecule has 0 aliphatic rings. The van der Waals surface area contributed by atoms with Crippen LogP contribution >= 0.6 is 0 Å². The van der Waals surface area contributed by atoms with Crippen molar-refractivity contribution in [3.8, 4) is 11.8 Å². The topological polar surface area (TPSA) is 23.9 Å². The molecule has 0 radical (unpaired) electrons. The summed E-state index contributed by atoms with van der Waals surface area (Å²) >= 11 is 0. The Labute approximate surface area is 50.6 Å². The van der Waals surface area contributed by atoms with Gasteiger partial charge in [-0.2, -0.15) is 0 Å². The monoisotopic (exact) mass is 109 g/mol. The van der Waals surface area contributed by atoms with Gasteiger partial charge in [0.1, 0.15) is 0 Å². The Bertz CT molecular complexity index is 116. The lowest BCUT2D eigenvalue weighted by Gasteiger charge is -1.92. The van der Waals surface area contributed by atoms with Crippen LogP contribution in [0.1, 0.15) is 20.3 Å². The highest BCUT2D eigenvalue weighted by atomic mass is 14.3. The quantitative estimate of drug-likeness (QED) is 0.412. The maximum absolute atomic E-state index is 6.72. The fourth-order valence-electron chi connectivity index (χ4n) is 0.482. The third-order valence-electron chi connectivity index (χ3n) is 0.862. The number of rotatable bonds is 2. The van der Waals surface area contributed by atoms with Gasteiger partial charge in [0, 0.05) is 5.92 Å². The summed E-state index contributed by atoms with van der Waals surface area (Å²) in [6.45, 7) is 3.84. The van der Waals surface area contributed by atoms with Crippen molar-refractivity contribution in [2.75, 3.05) is 0 Å². The number of hydrogen-bond donors (Lipinski definition) is 1. The number of hydrogen-bond acceptors (Lipinski definition) is 1. The highest BCUT2D eigenvalue weighted by Gasteiger charge is 1.89. The molecule has 8 heavy (non-hydrogen) atoms. The van der Waals surface area contributed by atoms with E-state index in [0.29, 0.717) is 5.92 Å². The van der Waals surface area contributed by atoms with E-state index in [4.69, 9.17) is 5.41 Å². The van der Waals surface area contributed by atoms with Crippen LogP contribution in [0.25, 0.3) is 0 Å². The summed E-state index contributed by atoms with van der Waals surface area (Å²) in [6, 6.07) is 0. The lowest BCUT2D eigenvalue weighted by Crippen LogP contribution is -1.88. The Morgan fingerprint density at radius 3 is 2.75 bits per heavy atom. The smallest absolute Gasteiger partial charge is 0.0223 e. The van der Waals surface area contributed by atoms with Crippen LogP contribution in [0.15, 0.2) is 0 Å². The molecule has 1 nitrogen and oxygen atoms in total. The molecule has 0 saturated heterocycles. The van der Waals surface area contributed by atoms with Crippen LogP contribution in [-0.4, -0.2) is 6.21 Å². The van der Waals surface area contributed by atoms with E-state index < -0.39 is 0 Å². The molecule has 1 atom stereocenters. The largest absolute Gasteiger partial charge is 0.313 e. The van der Waals surface area contributed by atoms with E-state index in [1.165, 1.54) is 6.21 Å². The maximum Gasteiger partial charge on any atom is 0.0223 e. The van der Waals surface area contributed by atoms with Crippen molar-refractivity contribution < 1.29 is 0 Å². The second-order valence-electron chi connectivity index (χ2n) is 1.74. The van der Waals surface area contributed by atoms with E-state index >= 15 is 0 Å². The van der Waals surface area contributed by atoms with Crippen molar-refractivity contribution in [2.24, 2.45) is 5.92 Å². The minimum absolute atomic E-state index is 0.359. The van der Waals surface area contributed by atoms with Crippen LogP contribution in [0.4, 0.5) is 0 Å². The molecule has 0 saturated carbocycles. The minimum atomic E-state index is 0.359. The molecule has 0 aromatic heterocycles. The SMILES string of the molecule is CC#CC(C)CC=N. The summed E-state index contributed by atoms with van der Waals surface area (Å²) in [4.78, 5) is 0. The predicted molar refractivity (Wildman–Crippen MR) is 36.0 cm³/mol. The maximum atomic E-state index is 6.72. The van der Waals surface area contributed by atoms with Crippen LogP contribution < -0.4 is 0 Å². The summed E-state index contributed by atoms with van der Waals surface area (Å²) in [5.41, 5.74) is 0. The average Bonchev–Trinajstić information content (AvgIpc) is 1.68. The van der Waals surface area contributed by atoms with Crippen molar-refractivity contribution in [2.45, 2.75) is 20.3 Å². The van der Waals surface area contributed by atoms with Gasteiger partial charge < -0.3 is 5.41 Å². The van der Waals surface area contributed by atoms with E-state index in [-0.39, 0.29) is 0 Å². The Balaban J connectivity index is 3.41. The Hall–Kier alpha value is -0.770. The van der Waals surface area contributed by atoms with E-state index in [9.17, 15) is 0 Å². The summed E-state index contributed by atoms with van der Waals surface area (Å²) in [6.07, 6.45) is 2.18. The first-order valence-corrected chi connectivity index (χ1v) is 2.72. The molecule has 0 aliphatic carbocycles. The molecule has 1 N–H and O–H groups in total. The van der Waals surface area contributed by atoms with E-state index in [0.717, 1.165) is 6.42 Å². The molecule has 0 aliphatic heterocycles. The van der Waals surface area contributed by atoms with Gasteiger partial charge in [0.25, 0.3) is 0 Å². The van der Waals surface area contributed by atoms with Crippen molar-refractivity contribution in [1.29, 1.82) is 5.41 Å². The summed E-state index contributed by atoms with van der Waals surface area (Å²) in [7, 11) is 0. The fourth-order valence-corrected chi connectivity index (χ4v) is 0.482. The van der Waals surface area contributed by atoms with E-state index in [2.05, 4.69) is 11.8 Å². The zero-order chi connectivity index (χ0) is 6.41. The first-order chi connectivity index (χ1) is 3.81. The zero-order valence-corrected chi connectivity index (χ0v) is 5.36. The minimum Gasteiger partial charge on any atom is -0.313 e. The van der Waals surface area contributed by atoms with Gasteiger partial charge in [0.15, 0.2) is 0 Å². The Morgan fingerprint density at radius 2 is 2.38 bits per heavy atom. The highest BCUT2D eigenvalue weighted by Crippen LogP contribution is 1.94. The molecule has 0 amide bonds. The molecule has 1 heteroatoms. The molecule has 0 rings (SSSR count). The molecule has 0 fully saturated rings. The molecule has 0 heterocycles. The Morgan fingerprint density at radius 1 is 1.75 bits per heavy atom. The standard InChI is InChI=1S/C7H11N/c1-3-4-7(2)5-6-8/h6-8H,5H2,1-2H3. The van der Waals surface area contributed by atoms with Gasteiger partial charge in [-0.05, 0) is 19.6 Å². The molecular weight excluding hydrogens is 98.1 g/mol. The first kappa shape index (κ1) is 7.23. The van der Waals surface area contributed by atoms with Crippen LogP contribution in [0.2, 0.25) is 0 Å². The van der Waals surface area contributed by atoms with Crippen molar-refractivity contribution in [3.63, 3.8) is 0 Å². The Kier molecular flexibility index (Phi) is 3.97. The van der Waals surface area contributed by atoms with E-state index in [1.54, 1.807) is 0 Å². The first-order valence-electron chi connectivity index (χ1n) is 2.72. The van der Waals surface area contributed by atoms with Crippen LogP contribution in [0.3, 0.4) is 0 Å². The third kappa shape index (κ3) is 3.42.